The van der Waals surface area contributed by atoms with Crippen LogP contribution in [0, 0.1) is 0 Å². The lowest BCUT2D eigenvalue weighted by Crippen LogP contribution is -2.48. The Balaban J connectivity index is 0.00000200. The summed E-state index contributed by atoms with van der Waals surface area (Å²) in [6, 6.07) is 7.35. The van der Waals surface area contributed by atoms with E-state index < -0.39 is 12.0 Å². The van der Waals surface area contributed by atoms with Crippen molar-refractivity contribution in [3.63, 3.8) is 0 Å². The summed E-state index contributed by atoms with van der Waals surface area (Å²) >= 11 is 0. The highest BCUT2D eigenvalue weighted by Gasteiger charge is 2.24. The molecule has 0 saturated heterocycles. The zero-order chi connectivity index (χ0) is 14.0. The number of aliphatic carboxylic acids is 1. The number of hydrogen-bond acceptors (Lipinski definition) is 2. The van der Waals surface area contributed by atoms with Crippen molar-refractivity contribution in [3.05, 3.63) is 36.0 Å². The lowest BCUT2D eigenvalue weighted by atomic mass is 10.0. The molecule has 0 bridgehead atoms. The van der Waals surface area contributed by atoms with Crippen molar-refractivity contribution in [2.75, 3.05) is 0 Å². The van der Waals surface area contributed by atoms with Crippen LogP contribution in [0.15, 0.2) is 30.5 Å². The lowest BCUT2D eigenvalue weighted by molar-refractivity contribution is -0.140. The molecule has 0 spiro atoms. The van der Waals surface area contributed by atoms with E-state index in [0.717, 1.165) is 16.5 Å². The molecule has 0 unspecified atom stereocenters. The van der Waals surface area contributed by atoms with Crippen LogP contribution in [0.2, 0.25) is 0 Å². The topological polar surface area (TPSA) is 65.1 Å². The molecule has 1 aromatic carbocycles. The molecule has 0 radical (unpaired) electrons. The van der Waals surface area contributed by atoms with Gasteiger partial charge in [-0.2, -0.15) is 0 Å². The van der Waals surface area contributed by atoms with Crippen molar-refractivity contribution in [1.82, 2.24) is 10.3 Å². The minimum absolute atomic E-state index is 0. The zero-order valence-corrected chi connectivity index (χ0v) is 12.8. The van der Waals surface area contributed by atoms with E-state index in [0.29, 0.717) is 6.42 Å². The van der Waals surface area contributed by atoms with Gasteiger partial charge in [-0.05, 0) is 32.4 Å². The van der Waals surface area contributed by atoms with Crippen LogP contribution in [0.25, 0.3) is 10.9 Å². The monoisotopic (exact) mass is 296 g/mol. The summed E-state index contributed by atoms with van der Waals surface area (Å²) in [5, 5.41) is 13.6. The van der Waals surface area contributed by atoms with E-state index in [1.165, 1.54) is 0 Å². The Labute approximate surface area is 125 Å². The normalized spacial score (nSPS) is 12.9. The zero-order valence-electron chi connectivity index (χ0n) is 11.9. The Bertz CT molecular complexity index is 587. The summed E-state index contributed by atoms with van der Waals surface area (Å²) in [4.78, 5) is 14.5. The van der Waals surface area contributed by atoms with E-state index in [-0.39, 0.29) is 17.9 Å². The third-order valence-electron chi connectivity index (χ3n) is 3.00. The number of hydrogen-bond donors (Lipinski definition) is 3. The largest absolute Gasteiger partial charge is 0.480 e. The molecule has 5 heteroatoms. The summed E-state index contributed by atoms with van der Waals surface area (Å²) < 4.78 is 0. The van der Waals surface area contributed by atoms with Crippen molar-refractivity contribution in [3.8, 4) is 0 Å². The third-order valence-corrected chi connectivity index (χ3v) is 3.00. The van der Waals surface area contributed by atoms with Gasteiger partial charge in [0.1, 0.15) is 6.04 Å². The molecule has 0 amide bonds. The van der Waals surface area contributed by atoms with E-state index in [4.69, 9.17) is 0 Å². The van der Waals surface area contributed by atoms with Gasteiger partial charge in [0.05, 0.1) is 0 Å². The van der Waals surface area contributed by atoms with Crippen LogP contribution < -0.4 is 5.32 Å². The number of halogens is 1. The van der Waals surface area contributed by atoms with E-state index >= 15 is 0 Å². The number of carbonyl (C=O) groups is 1. The second-order valence-electron chi connectivity index (χ2n) is 5.85. The van der Waals surface area contributed by atoms with Gasteiger partial charge in [0.25, 0.3) is 0 Å². The van der Waals surface area contributed by atoms with Gasteiger partial charge >= 0.3 is 5.97 Å². The molecule has 0 fully saturated rings. The van der Waals surface area contributed by atoms with Gasteiger partial charge in [-0.25, -0.2) is 0 Å². The molecule has 0 saturated carbocycles. The number of fused-ring (bicyclic) bond motifs is 1. The van der Waals surface area contributed by atoms with Gasteiger partial charge < -0.3 is 10.1 Å². The molecular formula is C15H21ClN2O2. The molecule has 1 heterocycles. The van der Waals surface area contributed by atoms with Gasteiger partial charge in [0.15, 0.2) is 0 Å². The first-order chi connectivity index (χ1) is 8.87. The Hall–Kier alpha value is -1.52. The van der Waals surface area contributed by atoms with Gasteiger partial charge in [-0.1, -0.05) is 18.2 Å². The van der Waals surface area contributed by atoms with Crippen LogP contribution in [0.1, 0.15) is 26.3 Å². The average Bonchev–Trinajstić information content (AvgIpc) is 2.70. The smallest absolute Gasteiger partial charge is 0.321 e. The van der Waals surface area contributed by atoms with Gasteiger partial charge in [0.2, 0.25) is 0 Å². The van der Waals surface area contributed by atoms with E-state index in [1.807, 2.05) is 51.2 Å². The molecule has 3 N–H and O–H groups in total. The summed E-state index contributed by atoms with van der Waals surface area (Å²) in [6.07, 6.45) is 2.36. The lowest BCUT2D eigenvalue weighted by Gasteiger charge is -2.25. The number of H-pyrrole nitrogens is 1. The number of benzene rings is 1. The quantitative estimate of drug-likeness (QED) is 0.813. The molecule has 1 atom stereocenters. The second kappa shape index (κ2) is 6.29. The molecule has 2 aromatic rings. The number of rotatable bonds is 4. The van der Waals surface area contributed by atoms with Crippen LogP contribution >= 0.6 is 12.4 Å². The fourth-order valence-corrected chi connectivity index (χ4v) is 2.24. The van der Waals surface area contributed by atoms with Crippen molar-refractivity contribution in [1.29, 1.82) is 0 Å². The van der Waals surface area contributed by atoms with E-state index in [9.17, 15) is 9.90 Å². The highest BCUT2D eigenvalue weighted by atomic mass is 35.5. The average molecular weight is 297 g/mol. The Morgan fingerprint density at radius 1 is 1.35 bits per heavy atom. The molecule has 1 aromatic heterocycles. The van der Waals surface area contributed by atoms with Gasteiger partial charge in [-0.3, -0.25) is 10.1 Å². The maximum Gasteiger partial charge on any atom is 0.321 e. The van der Waals surface area contributed by atoms with E-state index in [1.54, 1.807) is 0 Å². The predicted molar refractivity (Wildman–Crippen MR) is 83.6 cm³/mol. The minimum Gasteiger partial charge on any atom is -0.480 e. The number of carboxylic acid groups (broad SMARTS) is 1. The van der Waals surface area contributed by atoms with Crippen LogP contribution in [-0.2, 0) is 11.2 Å². The summed E-state index contributed by atoms with van der Waals surface area (Å²) in [5.41, 5.74) is 1.84. The minimum atomic E-state index is -0.819. The number of para-hydroxylation sites is 1. The van der Waals surface area contributed by atoms with Crippen molar-refractivity contribution in [2.24, 2.45) is 0 Å². The Kier molecular flexibility index (Phi) is 5.20. The fraction of sp³-hybridized carbons (Fsp3) is 0.400. The summed E-state index contributed by atoms with van der Waals surface area (Å²) in [7, 11) is 0. The molecule has 2 rings (SSSR count). The molecule has 0 aliphatic carbocycles. The summed E-state index contributed by atoms with van der Waals surface area (Å²) in [6.45, 7) is 5.91. The molecule has 20 heavy (non-hydrogen) atoms. The Morgan fingerprint density at radius 3 is 2.60 bits per heavy atom. The standard InChI is InChI=1S/C15H20N2O2.ClH/c1-15(2,3)17-13(14(18)19)8-10-9-16-12-7-5-4-6-11(10)12;/h4-7,9,13,16-17H,8H2,1-3H3,(H,18,19);1H/t13-;/m0./s1. The van der Waals surface area contributed by atoms with Crippen LogP contribution in [0.3, 0.4) is 0 Å². The van der Waals surface area contributed by atoms with Crippen LogP contribution in [0.5, 0.6) is 0 Å². The van der Waals surface area contributed by atoms with Crippen molar-refractivity contribution < 1.29 is 9.90 Å². The molecule has 0 aliphatic rings. The molecular weight excluding hydrogens is 276 g/mol. The predicted octanol–water partition coefficient (Wildman–Crippen LogP) is 2.97. The highest BCUT2D eigenvalue weighted by Crippen LogP contribution is 2.19. The summed E-state index contributed by atoms with van der Waals surface area (Å²) in [5.74, 6) is -0.819. The molecule has 0 aliphatic heterocycles. The van der Waals surface area contributed by atoms with Crippen LogP contribution in [0.4, 0.5) is 0 Å². The number of nitrogens with one attached hydrogen (secondary N) is 2. The number of aromatic nitrogens is 1. The van der Waals surface area contributed by atoms with E-state index in [2.05, 4.69) is 10.3 Å². The maximum absolute atomic E-state index is 11.4. The van der Waals surface area contributed by atoms with Crippen LogP contribution in [-0.4, -0.2) is 27.6 Å². The molecule has 110 valence electrons. The second-order valence-corrected chi connectivity index (χ2v) is 5.85. The van der Waals surface area contributed by atoms with Crippen molar-refractivity contribution >= 4 is 29.3 Å². The van der Waals surface area contributed by atoms with Crippen molar-refractivity contribution in [2.45, 2.75) is 38.8 Å². The Morgan fingerprint density at radius 2 is 2.00 bits per heavy atom. The van der Waals surface area contributed by atoms with Gasteiger partial charge in [-0.15, -0.1) is 12.4 Å². The number of carboxylic acids is 1. The maximum atomic E-state index is 11.4. The third kappa shape index (κ3) is 3.99. The highest BCUT2D eigenvalue weighted by molar-refractivity contribution is 5.85. The number of aromatic amines is 1. The first kappa shape index (κ1) is 16.5. The first-order valence-electron chi connectivity index (χ1n) is 6.42. The molecule has 4 nitrogen and oxygen atoms in total. The fourth-order valence-electron chi connectivity index (χ4n) is 2.24. The van der Waals surface area contributed by atoms with Gasteiger partial charge in [0, 0.05) is 29.1 Å². The first-order valence-corrected chi connectivity index (χ1v) is 6.42. The SMILES string of the molecule is CC(C)(C)N[C@@H](Cc1c[nH]c2ccccc12)C(=O)O.Cl.